The van der Waals surface area contributed by atoms with Crippen LogP contribution in [0.4, 0.5) is 0 Å². The summed E-state index contributed by atoms with van der Waals surface area (Å²) < 4.78 is 9.74. The summed E-state index contributed by atoms with van der Waals surface area (Å²) in [7, 11) is 2.82. The lowest BCUT2D eigenvalue weighted by Gasteiger charge is -2.45. The van der Waals surface area contributed by atoms with Crippen molar-refractivity contribution in [2.75, 3.05) is 14.2 Å². The van der Waals surface area contributed by atoms with E-state index in [1.807, 2.05) is 59.9 Å². The van der Waals surface area contributed by atoms with E-state index in [0.29, 0.717) is 11.1 Å². The van der Waals surface area contributed by atoms with Gasteiger partial charge in [0, 0.05) is 0 Å². The molecule has 36 heavy (non-hydrogen) atoms. The highest BCUT2D eigenvalue weighted by Crippen LogP contribution is 2.64. The summed E-state index contributed by atoms with van der Waals surface area (Å²) >= 11 is 3.83. The summed E-state index contributed by atoms with van der Waals surface area (Å²) in [6, 6.07) is 11.6. The zero-order valence-corrected chi connectivity index (χ0v) is 22.7. The fraction of sp³-hybridized carbons (Fsp3) is 0.267. The summed E-state index contributed by atoms with van der Waals surface area (Å²) in [5.74, 6) is -0.708. The first-order valence-electron chi connectivity index (χ1n) is 11.8. The highest BCUT2D eigenvalue weighted by Gasteiger charge is 2.56. The van der Waals surface area contributed by atoms with Crippen LogP contribution in [0.1, 0.15) is 48.4 Å². The molecule has 0 bridgehead atoms. The molecule has 0 amide bonds. The van der Waals surface area contributed by atoms with Crippen LogP contribution >= 0.6 is 23.5 Å². The van der Waals surface area contributed by atoms with Crippen LogP contribution < -0.4 is 10.4 Å². The van der Waals surface area contributed by atoms with Crippen LogP contribution in [-0.4, -0.2) is 35.7 Å². The summed E-state index contributed by atoms with van der Waals surface area (Å²) in [5, 5.41) is 6.41. The molecule has 3 aromatic rings. The van der Waals surface area contributed by atoms with Gasteiger partial charge in [-0.25, -0.2) is 9.59 Å². The molecule has 6 rings (SSSR count). The molecule has 2 aliphatic heterocycles. The predicted molar refractivity (Wildman–Crippen MR) is 150 cm³/mol. The maximum Gasteiger partial charge on any atom is 0.337 e. The summed E-state index contributed by atoms with van der Waals surface area (Å²) in [6.45, 7) is 9.02. The predicted octanol–water partition coefficient (Wildman–Crippen LogP) is 5.70. The van der Waals surface area contributed by atoms with Crippen molar-refractivity contribution in [1.29, 1.82) is 0 Å². The van der Waals surface area contributed by atoms with Gasteiger partial charge in [-0.3, -0.25) is 0 Å². The van der Waals surface area contributed by atoms with Gasteiger partial charge in [-0.05, 0) is 117 Å². The van der Waals surface area contributed by atoms with Crippen LogP contribution in [0.2, 0.25) is 0 Å². The molecule has 0 N–H and O–H groups in total. The Labute approximate surface area is 218 Å². The number of rotatable bonds is 2. The Morgan fingerprint density at radius 2 is 1.06 bits per heavy atom. The van der Waals surface area contributed by atoms with E-state index in [2.05, 4.69) is 39.8 Å². The maximum atomic E-state index is 12.5. The molecule has 2 unspecified atom stereocenters. The van der Waals surface area contributed by atoms with E-state index in [-0.39, 0.29) is 21.4 Å². The molecule has 2 heterocycles. The number of carbonyl (C=O) groups is 2. The summed E-state index contributed by atoms with van der Waals surface area (Å²) in [6.07, 6.45) is 4.61. The van der Waals surface area contributed by atoms with Crippen molar-refractivity contribution < 1.29 is 19.1 Å². The van der Waals surface area contributed by atoms with Crippen molar-refractivity contribution in [2.24, 2.45) is 0 Å². The van der Waals surface area contributed by atoms with Gasteiger partial charge < -0.3 is 9.47 Å². The molecule has 3 aliphatic rings. The zero-order chi connectivity index (χ0) is 25.6. The molecule has 0 fully saturated rings. The number of methoxy groups -OCH3 is 2. The second kappa shape index (κ2) is 7.77. The Hall–Kier alpha value is -2.96. The molecule has 0 saturated carbocycles. The first kappa shape index (κ1) is 23.4. The Bertz CT molecular complexity index is 1620. The minimum absolute atomic E-state index is 0.194. The van der Waals surface area contributed by atoms with Gasteiger partial charge in [0.15, 0.2) is 0 Å². The standard InChI is InChI=1S/C30H26O4S2/c1-15-11-23-25-21-13-17(27(31)33-5)7-9-19(21)20-10-8-18(28(32)34-6)14-22(20)26(25)24-12-16(2)36-30(24,4)29(23,3)35-15/h7-14H,1-6H3. The van der Waals surface area contributed by atoms with Gasteiger partial charge in [0.05, 0.1) is 34.8 Å². The Morgan fingerprint density at radius 1 is 0.667 bits per heavy atom. The van der Waals surface area contributed by atoms with Gasteiger partial charge in [-0.1, -0.05) is 12.1 Å². The van der Waals surface area contributed by atoms with Crippen molar-refractivity contribution in [3.8, 4) is 0 Å². The van der Waals surface area contributed by atoms with Crippen LogP contribution in [0.15, 0.2) is 58.4 Å². The lowest BCUT2D eigenvalue weighted by molar-refractivity contribution is 0.0592. The molecule has 1 aliphatic carbocycles. The van der Waals surface area contributed by atoms with Gasteiger partial charge in [0.25, 0.3) is 0 Å². The quantitative estimate of drug-likeness (QED) is 0.323. The van der Waals surface area contributed by atoms with Crippen LogP contribution in [0.5, 0.6) is 0 Å². The molecule has 6 heteroatoms. The Kier molecular flexibility index (Phi) is 5.06. The number of esters is 2. The maximum absolute atomic E-state index is 12.5. The van der Waals surface area contributed by atoms with Gasteiger partial charge in [-0.2, -0.15) is 0 Å². The minimum Gasteiger partial charge on any atom is -0.465 e. The summed E-state index contributed by atoms with van der Waals surface area (Å²) in [5.41, 5.74) is 3.58. The molecule has 3 aromatic carbocycles. The fourth-order valence-corrected chi connectivity index (χ4v) is 9.16. The van der Waals surface area contributed by atoms with Crippen molar-refractivity contribution in [2.45, 2.75) is 37.2 Å². The average molecular weight is 515 g/mol. The Balaban J connectivity index is 1.96. The number of carbonyl (C=O) groups excluding carboxylic acids is 2. The van der Waals surface area contributed by atoms with Crippen molar-refractivity contribution >= 4 is 68.2 Å². The van der Waals surface area contributed by atoms with Crippen LogP contribution in [0.25, 0.3) is 32.7 Å². The second-order valence-electron chi connectivity index (χ2n) is 9.86. The average Bonchev–Trinajstić information content (AvgIpc) is 3.36. The first-order chi connectivity index (χ1) is 17.1. The Morgan fingerprint density at radius 3 is 1.42 bits per heavy atom. The molecule has 182 valence electrons. The van der Waals surface area contributed by atoms with E-state index < -0.39 is 0 Å². The molecule has 0 spiro atoms. The number of hydrogen-bond acceptors (Lipinski definition) is 6. The van der Waals surface area contributed by atoms with Crippen molar-refractivity contribution in [1.82, 2.24) is 0 Å². The van der Waals surface area contributed by atoms with Crippen LogP contribution in [0, 0.1) is 0 Å². The van der Waals surface area contributed by atoms with Gasteiger partial charge in [0.2, 0.25) is 0 Å². The van der Waals surface area contributed by atoms with E-state index in [0.717, 1.165) is 32.0 Å². The molecule has 2 atom stereocenters. The van der Waals surface area contributed by atoms with Gasteiger partial charge >= 0.3 is 11.9 Å². The van der Waals surface area contributed by atoms with E-state index in [1.54, 1.807) is 0 Å². The van der Waals surface area contributed by atoms with Crippen LogP contribution in [0.3, 0.4) is 0 Å². The third-order valence-electron chi connectivity index (χ3n) is 7.86. The molecule has 0 saturated heterocycles. The van der Waals surface area contributed by atoms with Gasteiger partial charge in [-0.15, -0.1) is 23.5 Å². The SMILES string of the molecule is COC(=O)c1ccc2c(c1)c1c(c3cc(C(=O)OC)ccc32)=C2C=C(C)SC2(C)C2(C)SC(C)=CC=12. The third-order valence-corrected chi connectivity index (χ3v) is 10.9. The smallest absolute Gasteiger partial charge is 0.337 e. The fourth-order valence-electron chi connectivity index (χ4n) is 6.12. The molecular formula is C30H26O4S2. The minimum atomic E-state index is -0.354. The van der Waals surface area contributed by atoms with Gasteiger partial charge in [0.1, 0.15) is 0 Å². The second-order valence-corrected chi connectivity index (χ2v) is 13.2. The number of ether oxygens (including phenoxy) is 2. The van der Waals surface area contributed by atoms with Crippen LogP contribution in [-0.2, 0) is 9.47 Å². The largest absolute Gasteiger partial charge is 0.465 e. The topological polar surface area (TPSA) is 52.6 Å². The number of allylic oxidation sites excluding steroid dienone is 4. The highest BCUT2D eigenvalue weighted by atomic mass is 32.2. The number of fused-ring (bicyclic) bond motifs is 9. The highest BCUT2D eigenvalue weighted by molar-refractivity contribution is 8.09. The lowest BCUT2D eigenvalue weighted by atomic mass is 9.74. The molecule has 0 radical (unpaired) electrons. The number of hydrogen-bond donors (Lipinski definition) is 0. The first-order valence-corrected chi connectivity index (χ1v) is 13.5. The van der Waals surface area contributed by atoms with E-state index >= 15 is 0 Å². The molecule has 0 aromatic heterocycles. The monoisotopic (exact) mass is 514 g/mol. The summed E-state index contributed by atoms with van der Waals surface area (Å²) in [4.78, 5) is 27.6. The molecular weight excluding hydrogens is 488 g/mol. The van der Waals surface area contributed by atoms with E-state index in [1.165, 1.54) is 35.2 Å². The van der Waals surface area contributed by atoms with Crippen molar-refractivity contribution in [3.63, 3.8) is 0 Å². The zero-order valence-electron chi connectivity index (χ0n) is 21.1. The van der Waals surface area contributed by atoms with E-state index in [9.17, 15) is 9.59 Å². The third kappa shape index (κ3) is 2.91. The normalized spacial score (nSPS) is 24.3. The number of benzene rings is 3. The lowest BCUT2D eigenvalue weighted by Crippen LogP contribution is -2.53. The number of thioether (sulfide) groups is 2. The molecule has 4 nitrogen and oxygen atoms in total. The van der Waals surface area contributed by atoms with Crippen molar-refractivity contribution in [3.05, 3.63) is 79.9 Å². The van der Waals surface area contributed by atoms with E-state index in [4.69, 9.17) is 9.47 Å².